The second kappa shape index (κ2) is 12.1. The number of aromatic nitrogens is 4. The van der Waals surface area contributed by atoms with Gasteiger partial charge in [-0.25, -0.2) is 18.3 Å². The van der Waals surface area contributed by atoms with Crippen LogP contribution in [-0.4, -0.2) is 49.2 Å². The van der Waals surface area contributed by atoms with Crippen LogP contribution in [0, 0.1) is 23.0 Å². The highest BCUT2D eigenvalue weighted by molar-refractivity contribution is 6.31. The lowest BCUT2D eigenvalue weighted by Crippen LogP contribution is -2.38. The first-order chi connectivity index (χ1) is 21.3. The fraction of sp³-hybridized carbons (Fsp3) is 0.194. The average Bonchev–Trinajstić information content (AvgIpc) is 3.52. The lowest BCUT2D eigenvalue weighted by Gasteiger charge is -2.29. The molecular formula is C31H25ClF2N8O2. The van der Waals surface area contributed by atoms with Crippen molar-refractivity contribution in [1.82, 2.24) is 24.9 Å². The van der Waals surface area contributed by atoms with Gasteiger partial charge in [-0.1, -0.05) is 47.1 Å². The minimum Gasteiger partial charge on any atom is -0.465 e. The highest BCUT2D eigenvalue weighted by Gasteiger charge is 2.26. The molecule has 1 amide bonds. The summed E-state index contributed by atoms with van der Waals surface area (Å²) >= 11 is 5.97. The molecule has 1 unspecified atom stereocenters. The Labute approximate surface area is 255 Å². The molecule has 0 bridgehead atoms. The van der Waals surface area contributed by atoms with Crippen LogP contribution in [0.5, 0.6) is 0 Å². The summed E-state index contributed by atoms with van der Waals surface area (Å²) in [4.78, 5) is 16.9. The Morgan fingerprint density at radius 1 is 1.07 bits per heavy atom. The molecule has 0 radical (unpaired) electrons. The number of hydrogen-bond acceptors (Lipinski definition) is 7. The number of pyridine rings is 1. The number of anilines is 3. The van der Waals surface area contributed by atoms with Gasteiger partial charge in [0, 0.05) is 36.0 Å². The first-order valence-electron chi connectivity index (χ1n) is 13.8. The van der Waals surface area contributed by atoms with Gasteiger partial charge >= 0.3 is 6.09 Å². The molecule has 3 heterocycles. The van der Waals surface area contributed by atoms with Crippen molar-refractivity contribution in [3.05, 3.63) is 107 Å². The van der Waals surface area contributed by atoms with E-state index >= 15 is 4.39 Å². The predicted molar refractivity (Wildman–Crippen MR) is 161 cm³/mol. The number of amides is 1. The Bertz CT molecular complexity index is 1890. The normalized spacial score (nSPS) is 14.3. The number of carboxylic acid groups (broad SMARTS) is 1. The van der Waals surface area contributed by atoms with Crippen molar-refractivity contribution in [1.29, 1.82) is 5.26 Å². The lowest BCUT2D eigenvalue weighted by atomic mass is 10.0. The number of rotatable bonds is 7. The SMILES string of the molecule is N#Cc1cnc2c(F)cc(NC(c3ccccc3)c3cn(C4CCN(C(=O)O)CC4)nn3)cc2c1Nc1ccc(F)c(Cl)c1. The van der Waals surface area contributed by atoms with Crippen LogP contribution in [0.1, 0.15) is 41.7 Å². The summed E-state index contributed by atoms with van der Waals surface area (Å²) in [6, 6.07) is 18.1. The standard InChI is InChI=1S/C31H25ClF2N8O2/c32-24-13-20(6-7-25(24)33)37-28-19(15-35)16-36-30-23(28)12-21(14-26(30)34)38-29(18-4-2-1-3-5-18)27-17-42(40-39-27)22-8-10-41(11-9-22)31(43)44/h1-7,12-14,16-17,22,29,38H,8-11H2,(H,36,37)(H,43,44). The predicted octanol–water partition coefficient (Wildman–Crippen LogP) is 6.89. The number of nitrogens with one attached hydrogen (secondary N) is 2. The Kier molecular flexibility index (Phi) is 7.95. The van der Waals surface area contributed by atoms with Gasteiger partial charge < -0.3 is 20.6 Å². The number of benzene rings is 3. The first-order valence-corrected chi connectivity index (χ1v) is 14.1. The molecule has 0 spiro atoms. The number of hydrogen-bond donors (Lipinski definition) is 3. The minimum absolute atomic E-state index is 0.00883. The van der Waals surface area contributed by atoms with E-state index in [1.165, 1.54) is 35.4 Å². The van der Waals surface area contributed by atoms with Crippen LogP contribution < -0.4 is 10.6 Å². The maximum atomic E-state index is 15.5. The third-order valence-corrected chi connectivity index (χ3v) is 7.90. The van der Waals surface area contributed by atoms with Gasteiger partial charge in [-0.05, 0) is 48.7 Å². The van der Waals surface area contributed by atoms with Crippen molar-refractivity contribution < 1.29 is 18.7 Å². The van der Waals surface area contributed by atoms with Crippen molar-refractivity contribution in [2.45, 2.75) is 24.9 Å². The molecule has 44 heavy (non-hydrogen) atoms. The molecule has 0 aliphatic carbocycles. The number of nitriles is 1. The summed E-state index contributed by atoms with van der Waals surface area (Å²) < 4.78 is 31.1. The maximum Gasteiger partial charge on any atom is 0.407 e. The molecule has 222 valence electrons. The maximum absolute atomic E-state index is 15.5. The van der Waals surface area contributed by atoms with E-state index in [-0.39, 0.29) is 27.8 Å². The number of carbonyl (C=O) groups is 1. The van der Waals surface area contributed by atoms with Crippen LogP contribution in [0.4, 0.5) is 30.6 Å². The number of nitrogens with zero attached hydrogens (tertiary/aromatic N) is 6. The Balaban J connectivity index is 1.36. The van der Waals surface area contributed by atoms with E-state index in [0.29, 0.717) is 48.4 Å². The van der Waals surface area contributed by atoms with Gasteiger partial charge in [0.1, 0.15) is 23.1 Å². The molecule has 13 heteroatoms. The zero-order valence-corrected chi connectivity index (χ0v) is 23.8. The van der Waals surface area contributed by atoms with Gasteiger partial charge in [-0.3, -0.25) is 4.98 Å². The Morgan fingerprint density at radius 3 is 2.55 bits per heavy atom. The zero-order chi connectivity index (χ0) is 30.8. The van der Waals surface area contributed by atoms with Gasteiger partial charge in [0.2, 0.25) is 0 Å². The van der Waals surface area contributed by atoms with Crippen molar-refractivity contribution in [2.75, 3.05) is 23.7 Å². The summed E-state index contributed by atoms with van der Waals surface area (Å²) in [5.41, 5.74) is 2.73. The van der Waals surface area contributed by atoms with Gasteiger partial charge in [-0.15, -0.1) is 5.10 Å². The van der Waals surface area contributed by atoms with E-state index in [2.05, 4.69) is 32.0 Å². The molecule has 1 fully saturated rings. The summed E-state index contributed by atoms with van der Waals surface area (Å²) in [6.07, 6.45) is 3.38. The highest BCUT2D eigenvalue weighted by atomic mass is 35.5. The molecule has 0 saturated carbocycles. The van der Waals surface area contributed by atoms with Crippen LogP contribution in [0.25, 0.3) is 10.9 Å². The molecule has 6 rings (SSSR count). The van der Waals surface area contributed by atoms with Gasteiger partial charge in [0.15, 0.2) is 5.82 Å². The molecule has 3 aromatic carbocycles. The average molecular weight is 615 g/mol. The molecule has 10 nitrogen and oxygen atoms in total. The smallest absolute Gasteiger partial charge is 0.407 e. The van der Waals surface area contributed by atoms with E-state index in [9.17, 15) is 19.6 Å². The third-order valence-electron chi connectivity index (χ3n) is 7.61. The minimum atomic E-state index is -0.935. The number of piperidine rings is 1. The van der Waals surface area contributed by atoms with E-state index in [0.717, 1.165) is 5.56 Å². The number of likely N-dealkylation sites (tertiary alicyclic amines) is 1. The summed E-state index contributed by atoms with van der Waals surface area (Å²) in [5.74, 6) is -1.21. The van der Waals surface area contributed by atoms with Crippen molar-refractivity contribution in [3.63, 3.8) is 0 Å². The second-order valence-corrected chi connectivity index (χ2v) is 10.8. The quantitative estimate of drug-likeness (QED) is 0.181. The van der Waals surface area contributed by atoms with Crippen LogP contribution in [0.15, 0.2) is 73.1 Å². The van der Waals surface area contributed by atoms with E-state index < -0.39 is 23.8 Å². The second-order valence-electron chi connectivity index (χ2n) is 10.4. The molecule has 5 aromatic rings. The van der Waals surface area contributed by atoms with Gasteiger partial charge in [0.25, 0.3) is 0 Å². The van der Waals surface area contributed by atoms with Crippen LogP contribution >= 0.6 is 11.6 Å². The van der Waals surface area contributed by atoms with E-state index in [1.54, 1.807) is 10.7 Å². The van der Waals surface area contributed by atoms with E-state index in [4.69, 9.17) is 11.6 Å². The fourth-order valence-electron chi connectivity index (χ4n) is 5.34. The van der Waals surface area contributed by atoms with Crippen LogP contribution in [0.2, 0.25) is 5.02 Å². The topological polar surface area (TPSA) is 132 Å². The molecule has 3 N–H and O–H groups in total. The summed E-state index contributed by atoms with van der Waals surface area (Å²) in [7, 11) is 0. The fourth-order valence-corrected chi connectivity index (χ4v) is 5.52. The highest BCUT2D eigenvalue weighted by Crippen LogP contribution is 2.35. The molecular weight excluding hydrogens is 590 g/mol. The largest absolute Gasteiger partial charge is 0.465 e. The van der Waals surface area contributed by atoms with Crippen molar-refractivity contribution >= 4 is 45.7 Å². The number of fused-ring (bicyclic) bond motifs is 1. The van der Waals surface area contributed by atoms with Gasteiger partial charge in [0.05, 0.1) is 34.6 Å². The number of halogens is 3. The summed E-state index contributed by atoms with van der Waals surface area (Å²) in [6.45, 7) is 0.816. The molecule has 1 saturated heterocycles. The Morgan fingerprint density at radius 2 is 1.84 bits per heavy atom. The van der Waals surface area contributed by atoms with Crippen molar-refractivity contribution in [3.8, 4) is 6.07 Å². The van der Waals surface area contributed by atoms with E-state index in [1.807, 2.05) is 36.5 Å². The molecule has 1 atom stereocenters. The third kappa shape index (κ3) is 5.82. The summed E-state index contributed by atoms with van der Waals surface area (Å²) in [5, 5.41) is 34.6. The molecule has 1 aliphatic rings. The zero-order valence-electron chi connectivity index (χ0n) is 23.1. The Hall–Kier alpha value is -5.28. The monoisotopic (exact) mass is 614 g/mol. The first kappa shape index (κ1) is 28.8. The van der Waals surface area contributed by atoms with Crippen molar-refractivity contribution in [2.24, 2.45) is 0 Å². The van der Waals surface area contributed by atoms with Crippen LogP contribution in [0.3, 0.4) is 0 Å². The molecule has 1 aliphatic heterocycles. The van der Waals surface area contributed by atoms with Gasteiger partial charge in [-0.2, -0.15) is 5.26 Å². The lowest BCUT2D eigenvalue weighted by molar-refractivity contribution is 0.123. The van der Waals surface area contributed by atoms with Crippen LogP contribution in [-0.2, 0) is 0 Å². The molecule has 2 aromatic heterocycles.